The summed E-state index contributed by atoms with van der Waals surface area (Å²) in [6, 6.07) is -3.67. The van der Waals surface area contributed by atoms with Crippen LogP contribution in [0.5, 0.6) is 0 Å². The average Bonchev–Trinajstić information content (AvgIpc) is 2.46. The summed E-state index contributed by atoms with van der Waals surface area (Å²) in [4.78, 5) is 44.9. The largest absolute Gasteiger partial charge is 0.480 e. The maximum absolute atomic E-state index is 11.7. The fourth-order valence-corrected chi connectivity index (χ4v) is 1.22. The molecular formula is C11H20N4O7. The number of carboxylic acids is 1. The van der Waals surface area contributed by atoms with Crippen LogP contribution in [0, 0.1) is 0 Å². The van der Waals surface area contributed by atoms with Crippen molar-refractivity contribution >= 4 is 23.7 Å². The molecule has 0 spiro atoms. The fraction of sp³-hybridized carbons (Fsp3) is 0.636. The van der Waals surface area contributed by atoms with Crippen LogP contribution in [0.2, 0.25) is 0 Å². The second kappa shape index (κ2) is 9.65. The highest BCUT2D eigenvalue weighted by atomic mass is 16.4. The SMILES string of the molecule is CC(N)C(=O)NC(CO)C(=O)NCC(=O)NC(CO)C(=O)O. The molecule has 0 radical (unpaired) electrons. The van der Waals surface area contributed by atoms with Gasteiger partial charge in [0, 0.05) is 0 Å². The van der Waals surface area contributed by atoms with E-state index >= 15 is 0 Å². The molecular weight excluding hydrogens is 300 g/mol. The van der Waals surface area contributed by atoms with Crippen LogP contribution in [0.3, 0.4) is 0 Å². The normalized spacial score (nSPS) is 14.4. The molecule has 0 aliphatic carbocycles. The van der Waals surface area contributed by atoms with Gasteiger partial charge in [0.25, 0.3) is 0 Å². The van der Waals surface area contributed by atoms with Gasteiger partial charge < -0.3 is 37.0 Å². The molecule has 3 unspecified atom stereocenters. The number of carbonyl (C=O) groups is 4. The molecule has 0 heterocycles. The fourth-order valence-electron chi connectivity index (χ4n) is 1.22. The van der Waals surface area contributed by atoms with Gasteiger partial charge in [-0.3, -0.25) is 14.4 Å². The summed E-state index contributed by atoms with van der Waals surface area (Å²) in [5.41, 5.74) is 5.29. The van der Waals surface area contributed by atoms with Crippen molar-refractivity contribution in [3.8, 4) is 0 Å². The summed E-state index contributed by atoms with van der Waals surface area (Å²) in [5.74, 6) is -3.79. The highest BCUT2D eigenvalue weighted by molar-refractivity contribution is 5.92. The van der Waals surface area contributed by atoms with Gasteiger partial charge in [0.15, 0.2) is 0 Å². The van der Waals surface area contributed by atoms with Crippen LogP contribution < -0.4 is 21.7 Å². The summed E-state index contributed by atoms with van der Waals surface area (Å²) in [6.07, 6.45) is 0. The van der Waals surface area contributed by atoms with E-state index in [-0.39, 0.29) is 0 Å². The molecule has 0 aliphatic heterocycles. The Balaban J connectivity index is 4.37. The smallest absolute Gasteiger partial charge is 0.328 e. The van der Waals surface area contributed by atoms with E-state index in [1.165, 1.54) is 6.92 Å². The summed E-state index contributed by atoms with van der Waals surface area (Å²) >= 11 is 0. The first-order chi connectivity index (χ1) is 10.2. The molecule has 126 valence electrons. The van der Waals surface area contributed by atoms with Crippen LogP contribution in [0.4, 0.5) is 0 Å². The molecule has 3 atom stereocenters. The summed E-state index contributed by atoms with van der Waals surface area (Å²) in [7, 11) is 0. The van der Waals surface area contributed by atoms with E-state index in [0.717, 1.165) is 0 Å². The first-order valence-electron chi connectivity index (χ1n) is 6.30. The third-order valence-electron chi connectivity index (χ3n) is 2.47. The predicted octanol–water partition coefficient (Wildman–Crippen LogP) is -4.51. The first-order valence-corrected chi connectivity index (χ1v) is 6.30. The maximum Gasteiger partial charge on any atom is 0.328 e. The van der Waals surface area contributed by atoms with Gasteiger partial charge in [0.1, 0.15) is 12.1 Å². The standard InChI is InChI=1S/C11H20N4O7/c1-5(12)9(19)15-6(3-16)10(20)13-2-8(18)14-7(4-17)11(21)22/h5-7,16-17H,2-4,12H2,1H3,(H,13,20)(H,14,18)(H,15,19)(H,21,22). The zero-order chi connectivity index (χ0) is 17.3. The van der Waals surface area contributed by atoms with E-state index in [2.05, 4.69) is 10.6 Å². The van der Waals surface area contributed by atoms with Crippen LogP contribution in [-0.2, 0) is 19.2 Å². The number of hydrogen-bond acceptors (Lipinski definition) is 7. The van der Waals surface area contributed by atoms with Gasteiger partial charge in [-0.15, -0.1) is 0 Å². The number of rotatable bonds is 9. The van der Waals surface area contributed by atoms with Gasteiger partial charge in [0.05, 0.1) is 25.8 Å². The van der Waals surface area contributed by atoms with E-state index in [0.29, 0.717) is 0 Å². The lowest BCUT2D eigenvalue weighted by molar-refractivity contribution is -0.142. The van der Waals surface area contributed by atoms with Crippen LogP contribution in [0.25, 0.3) is 0 Å². The van der Waals surface area contributed by atoms with Crippen molar-refractivity contribution in [1.29, 1.82) is 0 Å². The van der Waals surface area contributed by atoms with Gasteiger partial charge in [-0.2, -0.15) is 0 Å². The summed E-state index contributed by atoms with van der Waals surface area (Å²) in [5, 5.41) is 32.6. The number of hydrogen-bond donors (Lipinski definition) is 7. The second-order valence-electron chi connectivity index (χ2n) is 4.39. The lowest BCUT2D eigenvalue weighted by Gasteiger charge is -2.17. The molecule has 0 bridgehead atoms. The Labute approximate surface area is 125 Å². The monoisotopic (exact) mass is 320 g/mol. The number of aliphatic hydroxyl groups is 2. The average molecular weight is 320 g/mol. The van der Waals surface area contributed by atoms with Crippen molar-refractivity contribution in [3.63, 3.8) is 0 Å². The highest BCUT2D eigenvalue weighted by Gasteiger charge is 2.23. The van der Waals surface area contributed by atoms with Crippen LogP contribution in [0.1, 0.15) is 6.92 Å². The van der Waals surface area contributed by atoms with Crippen LogP contribution in [-0.4, -0.2) is 76.9 Å². The summed E-state index contributed by atoms with van der Waals surface area (Å²) in [6.45, 7) is -0.720. The van der Waals surface area contributed by atoms with Gasteiger partial charge in [-0.1, -0.05) is 0 Å². The number of nitrogens with one attached hydrogen (secondary N) is 3. The van der Waals surface area contributed by atoms with Crippen LogP contribution in [0.15, 0.2) is 0 Å². The molecule has 8 N–H and O–H groups in total. The van der Waals surface area contributed by atoms with Crippen molar-refractivity contribution in [1.82, 2.24) is 16.0 Å². The van der Waals surface area contributed by atoms with Crippen molar-refractivity contribution in [2.45, 2.75) is 25.0 Å². The number of carboxylic acid groups (broad SMARTS) is 1. The highest BCUT2D eigenvalue weighted by Crippen LogP contribution is 1.87. The number of amides is 3. The van der Waals surface area contributed by atoms with E-state index in [1.807, 2.05) is 5.32 Å². The zero-order valence-corrected chi connectivity index (χ0v) is 11.9. The minimum Gasteiger partial charge on any atom is -0.480 e. The Hall–Kier alpha value is -2.24. The third-order valence-corrected chi connectivity index (χ3v) is 2.47. The second-order valence-corrected chi connectivity index (χ2v) is 4.39. The molecule has 0 aliphatic rings. The molecule has 0 saturated carbocycles. The van der Waals surface area contributed by atoms with Crippen LogP contribution >= 0.6 is 0 Å². The Bertz CT molecular complexity index is 427. The van der Waals surface area contributed by atoms with Crippen molar-refractivity contribution in [2.75, 3.05) is 19.8 Å². The molecule has 11 heteroatoms. The Morgan fingerprint density at radius 1 is 1.00 bits per heavy atom. The number of aliphatic hydroxyl groups excluding tert-OH is 2. The minimum absolute atomic E-state index is 0.590. The lowest BCUT2D eigenvalue weighted by atomic mass is 10.2. The Morgan fingerprint density at radius 3 is 1.95 bits per heavy atom. The molecule has 11 nitrogen and oxygen atoms in total. The van der Waals surface area contributed by atoms with E-state index < -0.39 is 61.6 Å². The molecule has 0 aromatic rings. The summed E-state index contributed by atoms with van der Waals surface area (Å²) < 4.78 is 0. The number of nitrogens with two attached hydrogens (primary N) is 1. The third kappa shape index (κ3) is 6.97. The number of aliphatic carboxylic acids is 1. The lowest BCUT2D eigenvalue weighted by Crippen LogP contribution is -2.54. The minimum atomic E-state index is -1.49. The molecule has 0 fully saturated rings. The van der Waals surface area contributed by atoms with Crippen molar-refractivity contribution < 1.29 is 34.5 Å². The first kappa shape index (κ1) is 19.8. The van der Waals surface area contributed by atoms with Crippen molar-refractivity contribution in [2.24, 2.45) is 5.73 Å². The van der Waals surface area contributed by atoms with E-state index in [1.54, 1.807) is 0 Å². The molecule has 3 amide bonds. The van der Waals surface area contributed by atoms with E-state index in [4.69, 9.17) is 21.1 Å². The quantitative estimate of drug-likeness (QED) is 0.221. The predicted molar refractivity (Wildman–Crippen MR) is 72.3 cm³/mol. The Kier molecular flexibility index (Phi) is 8.67. The zero-order valence-electron chi connectivity index (χ0n) is 11.9. The van der Waals surface area contributed by atoms with Gasteiger partial charge in [-0.05, 0) is 6.92 Å². The molecule has 0 aromatic heterocycles. The number of carbonyl (C=O) groups excluding carboxylic acids is 3. The van der Waals surface area contributed by atoms with Gasteiger partial charge in [0.2, 0.25) is 17.7 Å². The Morgan fingerprint density at radius 2 is 1.55 bits per heavy atom. The molecule has 0 rings (SSSR count). The van der Waals surface area contributed by atoms with Crippen molar-refractivity contribution in [3.05, 3.63) is 0 Å². The molecule has 0 aromatic carbocycles. The molecule has 22 heavy (non-hydrogen) atoms. The maximum atomic E-state index is 11.7. The van der Waals surface area contributed by atoms with Gasteiger partial charge >= 0.3 is 5.97 Å². The topological polar surface area (TPSA) is 191 Å². The van der Waals surface area contributed by atoms with E-state index in [9.17, 15) is 19.2 Å². The molecule has 0 saturated heterocycles. The van der Waals surface area contributed by atoms with Gasteiger partial charge in [-0.25, -0.2) is 4.79 Å².